The monoisotopic (exact) mass is 290 g/mol. The van der Waals surface area contributed by atoms with Crippen molar-refractivity contribution in [3.05, 3.63) is 57.0 Å². The Bertz CT molecular complexity index is 589. The molecule has 0 radical (unpaired) electrons. The summed E-state index contributed by atoms with van der Waals surface area (Å²) in [6.45, 7) is 1.71. The van der Waals surface area contributed by atoms with Crippen LogP contribution in [0.15, 0.2) is 29.6 Å². The number of benzene rings is 1. The summed E-state index contributed by atoms with van der Waals surface area (Å²) in [6, 6.07) is 3.76. The summed E-state index contributed by atoms with van der Waals surface area (Å²) < 4.78 is 51.4. The van der Waals surface area contributed by atoms with Gasteiger partial charge in [0.2, 0.25) is 0 Å². The van der Waals surface area contributed by atoms with E-state index in [0.29, 0.717) is 22.6 Å². The molecule has 0 aliphatic heterocycles. The molecule has 19 heavy (non-hydrogen) atoms. The van der Waals surface area contributed by atoms with Crippen molar-refractivity contribution in [2.75, 3.05) is 0 Å². The van der Waals surface area contributed by atoms with E-state index in [1.807, 2.05) is 0 Å². The Kier molecular flexibility index (Phi) is 3.64. The summed E-state index contributed by atoms with van der Waals surface area (Å²) in [4.78, 5) is 0.443. The smallest absolute Gasteiger partial charge is 0.383 e. The van der Waals surface area contributed by atoms with Crippen molar-refractivity contribution in [2.24, 2.45) is 0 Å². The molecule has 0 bridgehead atoms. The standard InChI is InChI=1S/C13H10F4OS/c1-7-4-5-19-12(7)11(18)9-6-8(13(15,16)17)2-3-10(9)14/h2-6,11,18H,1H3. The summed E-state index contributed by atoms with van der Waals surface area (Å²) in [5.41, 5.74) is -0.619. The van der Waals surface area contributed by atoms with Crippen LogP contribution in [-0.4, -0.2) is 5.11 Å². The number of aryl methyl sites for hydroxylation is 1. The Morgan fingerprint density at radius 2 is 1.89 bits per heavy atom. The molecule has 0 saturated heterocycles. The molecule has 1 nitrogen and oxygen atoms in total. The zero-order valence-electron chi connectivity index (χ0n) is 9.83. The van der Waals surface area contributed by atoms with Gasteiger partial charge in [-0.3, -0.25) is 0 Å². The maximum atomic E-state index is 13.6. The van der Waals surface area contributed by atoms with Crippen molar-refractivity contribution >= 4 is 11.3 Å². The first-order chi connectivity index (χ1) is 8.80. The molecule has 2 rings (SSSR count). The van der Waals surface area contributed by atoms with E-state index in [9.17, 15) is 22.7 Å². The number of aliphatic hydroxyl groups excluding tert-OH is 1. The van der Waals surface area contributed by atoms with E-state index in [4.69, 9.17) is 0 Å². The lowest BCUT2D eigenvalue weighted by Crippen LogP contribution is -2.09. The second-order valence-corrected chi connectivity index (χ2v) is 5.05. The summed E-state index contributed by atoms with van der Waals surface area (Å²) in [5.74, 6) is -0.853. The third-order valence-corrected chi connectivity index (χ3v) is 3.84. The highest BCUT2D eigenvalue weighted by molar-refractivity contribution is 7.10. The van der Waals surface area contributed by atoms with Gasteiger partial charge in [0.05, 0.1) is 5.56 Å². The van der Waals surface area contributed by atoms with E-state index in [2.05, 4.69) is 0 Å². The third kappa shape index (κ3) is 2.79. The van der Waals surface area contributed by atoms with Crippen molar-refractivity contribution in [1.29, 1.82) is 0 Å². The number of hydrogen-bond acceptors (Lipinski definition) is 2. The van der Waals surface area contributed by atoms with Crippen molar-refractivity contribution < 1.29 is 22.7 Å². The van der Waals surface area contributed by atoms with Crippen LogP contribution in [-0.2, 0) is 6.18 Å². The number of aliphatic hydroxyl groups is 1. The summed E-state index contributed by atoms with van der Waals surface area (Å²) in [5, 5.41) is 11.7. The summed E-state index contributed by atoms with van der Waals surface area (Å²) >= 11 is 1.18. The van der Waals surface area contributed by atoms with Gasteiger partial charge in [-0.1, -0.05) is 0 Å². The molecular formula is C13H10F4OS. The highest BCUT2D eigenvalue weighted by Crippen LogP contribution is 2.35. The van der Waals surface area contributed by atoms with Crippen LogP contribution >= 0.6 is 11.3 Å². The van der Waals surface area contributed by atoms with Crippen molar-refractivity contribution in [1.82, 2.24) is 0 Å². The maximum absolute atomic E-state index is 13.6. The molecule has 6 heteroatoms. The first kappa shape index (κ1) is 14.0. The number of hydrogen-bond donors (Lipinski definition) is 1. The van der Waals surface area contributed by atoms with Crippen molar-refractivity contribution in [3.63, 3.8) is 0 Å². The fourth-order valence-electron chi connectivity index (χ4n) is 1.74. The first-order valence-electron chi connectivity index (χ1n) is 5.39. The van der Waals surface area contributed by atoms with Gasteiger partial charge in [0.1, 0.15) is 11.9 Å². The number of thiophene rings is 1. The minimum atomic E-state index is -4.56. The van der Waals surface area contributed by atoms with Crippen LogP contribution in [0.5, 0.6) is 0 Å². The molecule has 0 aliphatic carbocycles. The van der Waals surface area contributed by atoms with Crippen molar-refractivity contribution in [3.8, 4) is 0 Å². The van der Waals surface area contributed by atoms with Gasteiger partial charge in [0, 0.05) is 10.4 Å². The Balaban J connectivity index is 2.47. The zero-order chi connectivity index (χ0) is 14.2. The molecule has 1 N–H and O–H groups in total. The van der Waals surface area contributed by atoms with Gasteiger partial charge >= 0.3 is 6.18 Å². The van der Waals surface area contributed by atoms with E-state index in [1.54, 1.807) is 18.4 Å². The number of alkyl halides is 3. The molecule has 0 spiro atoms. The lowest BCUT2D eigenvalue weighted by atomic mass is 10.0. The van der Waals surface area contributed by atoms with Crippen LogP contribution < -0.4 is 0 Å². The Labute approximate surface area is 111 Å². The van der Waals surface area contributed by atoms with Gasteiger partial charge in [-0.15, -0.1) is 11.3 Å². The Morgan fingerprint density at radius 1 is 1.21 bits per heavy atom. The van der Waals surface area contributed by atoms with Gasteiger partial charge in [-0.2, -0.15) is 13.2 Å². The minimum absolute atomic E-state index is 0.361. The molecule has 0 saturated carbocycles. The number of halogens is 4. The molecule has 1 aromatic heterocycles. The average Bonchev–Trinajstić information content (AvgIpc) is 2.73. The minimum Gasteiger partial charge on any atom is -0.383 e. The van der Waals surface area contributed by atoms with Gasteiger partial charge in [0.25, 0.3) is 0 Å². The molecule has 0 aliphatic rings. The molecule has 0 amide bonds. The number of rotatable bonds is 2. The largest absolute Gasteiger partial charge is 0.416 e. The highest BCUT2D eigenvalue weighted by atomic mass is 32.1. The zero-order valence-corrected chi connectivity index (χ0v) is 10.6. The molecule has 2 aromatic rings. The highest BCUT2D eigenvalue weighted by Gasteiger charge is 2.32. The molecule has 1 unspecified atom stereocenters. The van der Waals surface area contributed by atoms with Gasteiger partial charge < -0.3 is 5.11 Å². The molecule has 0 fully saturated rings. The van der Waals surface area contributed by atoms with Crippen LogP contribution in [0.1, 0.15) is 27.7 Å². The summed E-state index contributed by atoms with van der Waals surface area (Å²) in [6.07, 6.45) is -5.95. The Morgan fingerprint density at radius 3 is 2.42 bits per heavy atom. The summed E-state index contributed by atoms with van der Waals surface area (Å²) in [7, 11) is 0. The van der Waals surface area contributed by atoms with Crippen LogP contribution in [0.4, 0.5) is 17.6 Å². The average molecular weight is 290 g/mol. The molecule has 1 atom stereocenters. The van der Waals surface area contributed by atoms with E-state index < -0.39 is 23.7 Å². The van der Waals surface area contributed by atoms with E-state index in [0.717, 1.165) is 6.07 Å². The van der Waals surface area contributed by atoms with Gasteiger partial charge in [-0.05, 0) is 42.1 Å². The molecule has 1 heterocycles. The predicted octanol–water partition coefficient (Wildman–Crippen LogP) is 4.30. The topological polar surface area (TPSA) is 20.2 Å². The van der Waals surface area contributed by atoms with Gasteiger partial charge in [-0.25, -0.2) is 4.39 Å². The molecular weight excluding hydrogens is 280 g/mol. The van der Waals surface area contributed by atoms with E-state index in [-0.39, 0.29) is 5.56 Å². The van der Waals surface area contributed by atoms with Crippen LogP contribution in [0, 0.1) is 12.7 Å². The fraction of sp³-hybridized carbons (Fsp3) is 0.231. The van der Waals surface area contributed by atoms with Crippen molar-refractivity contribution in [2.45, 2.75) is 19.2 Å². The van der Waals surface area contributed by atoms with E-state index in [1.165, 1.54) is 11.3 Å². The lowest BCUT2D eigenvalue weighted by molar-refractivity contribution is -0.137. The van der Waals surface area contributed by atoms with E-state index >= 15 is 0 Å². The maximum Gasteiger partial charge on any atom is 0.416 e. The third-order valence-electron chi connectivity index (χ3n) is 2.77. The SMILES string of the molecule is Cc1ccsc1C(O)c1cc(C(F)(F)F)ccc1F. The molecule has 1 aromatic carbocycles. The quantitative estimate of drug-likeness (QED) is 0.818. The lowest BCUT2D eigenvalue weighted by Gasteiger charge is -2.14. The predicted molar refractivity (Wildman–Crippen MR) is 64.5 cm³/mol. The normalized spacial score (nSPS) is 13.6. The van der Waals surface area contributed by atoms with Crippen LogP contribution in [0.25, 0.3) is 0 Å². The van der Waals surface area contributed by atoms with Gasteiger partial charge in [0.15, 0.2) is 0 Å². The fourth-order valence-corrected chi connectivity index (χ4v) is 2.66. The second-order valence-electron chi connectivity index (χ2n) is 4.10. The van der Waals surface area contributed by atoms with Crippen LogP contribution in [0.3, 0.4) is 0 Å². The Hall–Kier alpha value is -1.40. The second kappa shape index (κ2) is 4.94. The van der Waals surface area contributed by atoms with Crippen LogP contribution in [0.2, 0.25) is 0 Å². The molecule has 102 valence electrons. The first-order valence-corrected chi connectivity index (χ1v) is 6.27.